The Bertz CT molecular complexity index is 466. The maximum atomic E-state index is 12.1. The van der Waals surface area contributed by atoms with Crippen LogP contribution in [0.5, 0.6) is 0 Å². The SMILES string of the molecule is CN1CCN(C)C(CNC(=O)c2cc(NN)ccn2)C1. The third-order valence-corrected chi connectivity index (χ3v) is 3.64. The van der Waals surface area contributed by atoms with Crippen LogP contribution < -0.4 is 16.6 Å². The van der Waals surface area contributed by atoms with Crippen molar-refractivity contribution in [3.8, 4) is 0 Å². The summed E-state index contributed by atoms with van der Waals surface area (Å²) in [5.41, 5.74) is 3.54. The molecule has 0 aliphatic carbocycles. The normalized spacial score (nSPS) is 20.6. The van der Waals surface area contributed by atoms with E-state index in [0.717, 1.165) is 19.6 Å². The first kappa shape index (κ1) is 14.7. The van der Waals surface area contributed by atoms with Crippen molar-refractivity contribution < 1.29 is 4.79 Å². The number of hydrazine groups is 1. The minimum absolute atomic E-state index is 0.177. The highest BCUT2D eigenvalue weighted by Gasteiger charge is 2.22. The van der Waals surface area contributed by atoms with Gasteiger partial charge in [-0.05, 0) is 26.2 Å². The molecule has 1 amide bonds. The number of hydrogen-bond donors (Lipinski definition) is 3. The molecule has 1 aromatic rings. The summed E-state index contributed by atoms with van der Waals surface area (Å²) < 4.78 is 0. The number of carbonyl (C=O) groups excluding carboxylic acids is 1. The van der Waals surface area contributed by atoms with Crippen LogP contribution in [0.1, 0.15) is 10.5 Å². The lowest BCUT2D eigenvalue weighted by Gasteiger charge is -2.37. The molecule has 7 heteroatoms. The van der Waals surface area contributed by atoms with Crippen LogP contribution in [0.25, 0.3) is 0 Å². The van der Waals surface area contributed by atoms with Gasteiger partial charge in [-0.15, -0.1) is 0 Å². The van der Waals surface area contributed by atoms with E-state index in [0.29, 0.717) is 24.0 Å². The van der Waals surface area contributed by atoms with Crippen molar-refractivity contribution in [3.63, 3.8) is 0 Å². The lowest BCUT2D eigenvalue weighted by Crippen LogP contribution is -2.54. The van der Waals surface area contributed by atoms with E-state index < -0.39 is 0 Å². The predicted molar refractivity (Wildman–Crippen MR) is 78.3 cm³/mol. The predicted octanol–water partition coefficient (Wildman–Crippen LogP) is -0.657. The van der Waals surface area contributed by atoms with Crippen molar-refractivity contribution in [2.45, 2.75) is 6.04 Å². The number of rotatable bonds is 4. The highest BCUT2D eigenvalue weighted by atomic mass is 16.1. The number of piperazine rings is 1. The third kappa shape index (κ3) is 3.66. The Morgan fingerprint density at radius 1 is 1.50 bits per heavy atom. The molecule has 1 aliphatic heterocycles. The van der Waals surface area contributed by atoms with Crippen molar-refractivity contribution in [1.82, 2.24) is 20.1 Å². The van der Waals surface area contributed by atoms with Crippen molar-refractivity contribution >= 4 is 11.6 Å². The molecule has 0 aromatic carbocycles. The Labute approximate surface area is 119 Å². The van der Waals surface area contributed by atoms with E-state index in [9.17, 15) is 4.79 Å². The second kappa shape index (κ2) is 6.65. The molecule has 2 heterocycles. The minimum Gasteiger partial charge on any atom is -0.349 e. The summed E-state index contributed by atoms with van der Waals surface area (Å²) in [7, 11) is 4.18. The number of nitrogens with one attached hydrogen (secondary N) is 2. The number of hydrogen-bond acceptors (Lipinski definition) is 6. The van der Waals surface area contributed by atoms with Gasteiger partial charge in [0.05, 0.1) is 5.69 Å². The van der Waals surface area contributed by atoms with Crippen LogP contribution in [0, 0.1) is 0 Å². The summed E-state index contributed by atoms with van der Waals surface area (Å²) in [6.45, 7) is 3.64. The summed E-state index contributed by atoms with van der Waals surface area (Å²) in [4.78, 5) is 20.7. The zero-order valence-electron chi connectivity index (χ0n) is 12.0. The van der Waals surface area contributed by atoms with Crippen LogP contribution in [0.15, 0.2) is 18.3 Å². The second-order valence-corrected chi connectivity index (χ2v) is 5.18. The quantitative estimate of drug-likeness (QED) is 0.501. The first-order chi connectivity index (χ1) is 9.60. The number of carbonyl (C=O) groups is 1. The van der Waals surface area contributed by atoms with E-state index in [1.165, 1.54) is 0 Å². The van der Waals surface area contributed by atoms with Gasteiger partial charge in [-0.25, -0.2) is 0 Å². The van der Waals surface area contributed by atoms with E-state index in [4.69, 9.17) is 5.84 Å². The molecular weight excluding hydrogens is 256 g/mol. The van der Waals surface area contributed by atoms with Gasteiger partial charge in [0.1, 0.15) is 5.69 Å². The number of nitrogens with zero attached hydrogens (tertiary/aromatic N) is 3. The summed E-state index contributed by atoms with van der Waals surface area (Å²) in [6.07, 6.45) is 1.56. The highest BCUT2D eigenvalue weighted by molar-refractivity contribution is 5.93. The molecule has 1 saturated heterocycles. The lowest BCUT2D eigenvalue weighted by molar-refractivity contribution is 0.0877. The van der Waals surface area contributed by atoms with Gasteiger partial charge in [0.15, 0.2) is 0 Å². The monoisotopic (exact) mass is 278 g/mol. The Balaban J connectivity index is 1.91. The summed E-state index contributed by atoms with van der Waals surface area (Å²) >= 11 is 0. The smallest absolute Gasteiger partial charge is 0.270 e. The molecule has 1 unspecified atom stereocenters. The number of nitrogen functional groups attached to an aromatic ring is 1. The fraction of sp³-hybridized carbons (Fsp3) is 0.538. The Hall–Kier alpha value is -1.70. The van der Waals surface area contributed by atoms with Gasteiger partial charge >= 0.3 is 0 Å². The van der Waals surface area contributed by atoms with E-state index in [2.05, 4.69) is 39.6 Å². The summed E-state index contributed by atoms with van der Waals surface area (Å²) in [5, 5.41) is 2.93. The standard InChI is InChI=1S/C13H22N6O/c1-18-5-6-19(2)11(9-18)8-16-13(20)12-7-10(17-14)3-4-15-12/h3-4,7,11H,5-6,8-9,14H2,1-2H3,(H,15,17)(H,16,20). The van der Waals surface area contributed by atoms with Crippen molar-refractivity contribution in [2.24, 2.45) is 5.84 Å². The zero-order chi connectivity index (χ0) is 14.5. The lowest BCUT2D eigenvalue weighted by atomic mass is 10.2. The third-order valence-electron chi connectivity index (χ3n) is 3.64. The summed E-state index contributed by atoms with van der Waals surface area (Å²) in [5.74, 6) is 5.14. The number of likely N-dealkylation sites (N-methyl/N-ethyl adjacent to an activating group) is 2. The maximum absolute atomic E-state index is 12.1. The van der Waals surface area contributed by atoms with Gasteiger partial charge in [0, 0.05) is 38.4 Å². The molecule has 7 nitrogen and oxygen atoms in total. The maximum Gasteiger partial charge on any atom is 0.270 e. The first-order valence-electron chi connectivity index (χ1n) is 6.70. The minimum atomic E-state index is -0.177. The Morgan fingerprint density at radius 3 is 3.05 bits per heavy atom. The zero-order valence-corrected chi connectivity index (χ0v) is 12.0. The van der Waals surface area contributed by atoms with Crippen molar-refractivity contribution in [2.75, 3.05) is 45.7 Å². The average Bonchev–Trinajstić information content (AvgIpc) is 2.48. The number of amides is 1. The number of nitrogens with two attached hydrogens (primary N) is 1. The largest absolute Gasteiger partial charge is 0.349 e. The topological polar surface area (TPSA) is 86.5 Å². The van der Waals surface area contributed by atoms with Gasteiger partial charge in [-0.2, -0.15) is 0 Å². The van der Waals surface area contributed by atoms with E-state index in [1.54, 1.807) is 18.3 Å². The van der Waals surface area contributed by atoms with Crippen molar-refractivity contribution in [1.29, 1.82) is 0 Å². The molecule has 0 spiro atoms. The van der Waals surface area contributed by atoms with Gasteiger partial charge in [0.2, 0.25) is 0 Å². The van der Waals surface area contributed by atoms with Crippen LogP contribution in [0.3, 0.4) is 0 Å². The Morgan fingerprint density at radius 2 is 2.30 bits per heavy atom. The van der Waals surface area contributed by atoms with Crippen LogP contribution >= 0.6 is 0 Å². The molecule has 1 fully saturated rings. The fourth-order valence-corrected chi connectivity index (χ4v) is 2.27. The molecule has 0 saturated carbocycles. The number of anilines is 1. The van der Waals surface area contributed by atoms with Crippen LogP contribution in [-0.2, 0) is 0 Å². The molecule has 1 atom stereocenters. The van der Waals surface area contributed by atoms with Gasteiger partial charge in [-0.1, -0.05) is 0 Å². The molecule has 1 aliphatic rings. The molecule has 1 aromatic heterocycles. The fourth-order valence-electron chi connectivity index (χ4n) is 2.27. The van der Waals surface area contributed by atoms with Gasteiger partial charge in [-0.3, -0.25) is 20.5 Å². The van der Waals surface area contributed by atoms with Gasteiger partial charge in [0.25, 0.3) is 5.91 Å². The molecular formula is C13H22N6O. The summed E-state index contributed by atoms with van der Waals surface area (Å²) in [6, 6.07) is 3.67. The molecule has 4 N–H and O–H groups in total. The Kier molecular flexibility index (Phi) is 4.89. The second-order valence-electron chi connectivity index (χ2n) is 5.18. The van der Waals surface area contributed by atoms with Crippen LogP contribution in [-0.4, -0.2) is 67.0 Å². The molecule has 20 heavy (non-hydrogen) atoms. The van der Waals surface area contributed by atoms with Crippen LogP contribution in [0.2, 0.25) is 0 Å². The van der Waals surface area contributed by atoms with E-state index in [-0.39, 0.29) is 5.91 Å². The van der Waals surface area contributed by atoms with Crippen molar-refractivity contribution in [3.05, 3.63) is 24.0 Å². The highest BCUT2D eigenvalue weighted by Crippen LogP contribution is 2.07. The molecule has 0 bridgehead atoms. The number of pyridine rings is 1. The first-order valence-corrected chi connectivity index (χ1v) is 6.70. The molecule has 0 radical (unpaired) electrons. The molecule has 110 valence electrons. The number of aromatic nitrogens is 1. The van der Waals surface area contributed by atoms with E-state index in [1.807, 2.05) is 0 Å². The van der Waals surface area contributed by atoms with Gasteiger partial charge < -0.3 is 15.6 Å². The molecule has 2 rings (SSSR count). The van der Waals surface area contributed by atoms with Crippen LogP contribution in [0.4, 0.5) is 5.69 Å². The van der Waals surface area contributed by atoms with E-state index >= 15 is 0 Å². The average molecular weight is 278 g/mol.